The quantitative estimate of drug-likeness (QED) is 0.861. The number of carboxylic acids is 1. The number of nitrogens with zero attached hydrogens (tertiary/aromatic N) is 2. The first-order valence-electron chi connectivity index (χ1n) is 5.19. The molecule has 0 spiro atoms. The molecule has 0 aliphatic heterocycles. The van der Waals surface area contributed by atoms with Crippen LogP contribution >= 0.6 is 0 Å². The SMILES string of the molecule is Cc1cc(C(=O)N(CC(=O)O)C(C)(C)C)no1. The van der Waals surface area contributed by atoms with Gasteiger partial charge in [-0.25, -0.2) is 0 Å². The Labute approximate surface area is 99.2 Å². The minimum Gasteiger partial charge on any atom is -0.480 e. The van der Waals surface area contributed by atoms with E-state index < -0.39 is 17.4 Å². The molecule has 1 heterocycles. The van der Waals surface area contributed by atoms with Crippen LogP contribution in [0.3, 0.4) is 0 Å². The molecular formula is C11H16N2O4. The largest absolute Gasteiger partial charge is 0.480 e. The fourth-order valence-corrected chi connectivity index (χ4v) is 1.35. The van der Waals surface area contributed by atoms with Gasteiger partial charge in [0.25, 0.3) is 5.91 Å². The molecule has 0 saturated carbocycles. The van der Waals surface area contributed by atoms with Crippen LogP contribution in [0.25, 0.3) is 0 Å². The Morgan fingerprint density at radius 1 is 1.47 bits per heavy atom. The van der Waals surface area contributed by atoms with E-state index in [1.54, 1.807) is 27.7 Å². The van der Waals surface area contributed by atoms with E-state index in [2.05, 4.69) is 5.16 Å². The van der Waals surface area contributed by atoms with E-state index >= 15 is 0 Å². The zero-order valence-corrected chi connectivity index (χ0v) is 10.4. The third-order valence-electron chi connectivity index (χ3n) is 2.20. The van der Waals surface area contributed by atoms with E-state index in [4.69, 9.17) is 9.63 Å². The Morgan fingerprint density at radius 2 is 2.06 bits per heavy atom. The second-order valence-electron chi connectivity index (χ2n) is 4.78. The van der Waals surface area contributed by atoms with Crippen molar-refractivity contribution in [2.75, 3.05) is 6.54 Å². The number of aromatic nitrogens is 1. The number of hydrogen-bond acceptors (Lipinski definition) is 4. The van der Waals surface area contributed by atoms with Gasteiger partial charge in [0, 0.05) is 11.6 Å². The number of carbonyl (C=O) groups excluding carboxylic acids is 1. The van der Waals surface area contributed by atoms with Gasteiger partial charge in [-0.15, -0.1) is 0 Å². The number of hydrogen-bond donors (Lipinski definition) is 1. The first-order chi connectivity index (χ1) is 7.71. The lowest BCUT2D eigenvalue weighted by Crippen LogP contribution is -2.48. The molecular weight excluding hydrogens is 224 g/mol. The monoisotopic (exact) mass is 240 g/mol. The van der Waals surface area contributed by atoms with Gasteiger partial charge in [0.1, 0.15) is 12.3 Å². The fourth-order valence-electron chi connectivity index (χ4n) is 1.35. The Hall–Kier alpha value is -1.85. The molecule has 0 atom stereocenters. The Balaban J connectivity index is 2.99. The summed E-state index contributed by atoms with van der Waals surface area (Å²) in [6.45, 7) is 6.60. The third-order valence-corrected chi connectivity index (χ3v) is 2.20. The van der Waals surface area contributed by atoms with E-state index in [9.17, 15) is 9.59 Å². The minimum atomic E-state index is -1.06. The van der Waals surface area contributed by atoms with Crippen molar-refractivity contribution in [3.63, 3.8) is 0 Å². The van der Waals surface area contributed by atoms with Crippen LogP contribution in [-0.4, -0.2) is 39.1 Å². The van der Waals surface area contributed by atoms with E-state index in [-0.39, 0.29) is 12.2 Å². The Bertz CT molecular complexity index is 431. The second kappa shape index (κ2) is 4.57. The maximum Gasteiger partial charge on any atom is 0.323 e. The van der Waals surface area contributed by atoms with Crippen molar-refractivity contribution in [3.05, 3.63) is 17.5 Å². The van der Waals surface area contributed by atoms with Crippen LogP contribution in [0.5, 0.6) is 0 Å². The number of rotatable bonds is 3. The zero-order chi connectivity index (χ0) is 13.2. The summed E-state index contributed by atoms with van der Waals surface area (Å²) in [6.07, 6.45) is 0. The molecule has 1 rings (SSSR count). The molecule has 0 fully saturated rings. The molecule has 1 aromatic rings. The number of aryl methyl sites for hydroxylation is 1. The van der Waals surface area contributed by atoms with Gasteiger partial charge in [0.2, 0.25) is 0 Å². The van der Waals surface area contributed by atoms with E-state index in [0.717, 1.165) is 0 Å². The van der Waals surface area contributed by atoms with Gasteiger partial charge >= 0.3 is 5.97 Å². The van der Waals surface area contributed by atoms with Gasteiger partial charge in [0.05, 0.1) is 0 Å². The van der Waals surface area contributed by atoms with Crippen LogP contribution in [0, 0.1) is 6.92 Å². The number of aliphatic carboxylic acids is 1. The fraction of sp³-hybridized carbons (Fsp3) is 0.545. The summed E-state index contributed by atoms with van der Waals surface area (Å²) in [7, 11) is 0. The van der Waals surface area contributed by atoms with Crippen molar-refractivity contribution >= 4 is 11.9 Å². The molecule has 0 bridgehead atoms. The topological polar surface area (TPSA) is 83.6 Å². The van der Waals surface area contributed by atoms with Gasteiger partial charge in [-0.1, -0.05) is 5.16 Å². The minimum absolute atomic E-state index is 0.124. The molecule has 0 radical (unpaired) electrons. The van der Waals surface area contributed by atoms with Crippen LogP contribution in [0.4, 0.5) is 0 Å². The lowest BCUT2D eigenvalue weighted by molar-refractivity contribution is -0.138. The van der Waals surface area contributed by atoms with Crippen LogP contribution in [0.2, 0.25) is 0 Å². The van der Waals surface area contributed by atoms with Gasteiger partial charge in [-0.2, -0.15) is 0 Å². The van der Waals surface area contributed by atoms with Crippen LogP contribution in [-0.2, 0) is 4.79 Å². The van der Waals surface area contributed by atoms with Gasteiger partial charge in [-0.3, -0.25) is 9.59 Å². The highest BCUT2D eigenvalue weighted by Gasteiger charge is 2.30. The average molecular weight is 240 g/mol. The summed E-state index contributed by atoms with van der Waals surface area (Å²) in [6, 6.07) is 1.49. The maximum atomic E-state index is 12.1. The number of amides is 1. The predicted molar refractivity (Wildman–Crippen MR) is 59.7 cm³/mol. The first-order valence-corrected chi connectivity index (χ1v) is 5.19. The van der Waals surface area contributed by atoms with Crippen molar-refractivity contribution < 1.29 is 19.2 Å². The summed E-state index contributed by atoms with van der Waals surface area (Å²) in [5.41, 5.74) is -0.471. The predicted octanol–water partition coefficient (Wildman–Crippen LogP) is 1.31. The van der Waals surface area contributed by atoms with Crippen LogP contribution in [0.1, 0.15) is 37.0 Å². The second-order valence-corrected chi connectivity index (χ2v) is 4.78. The lowest BCUT2D eigenvalue weighted by atomic mass is 10.1. The summed E-state index contributed by atoms with van der Waals surface area (Å²) >= 11 is 0. The summed E-state index contributed by atoms with van der Waals surface area (Å²) in [4.78, 5) is 24.1. The van der Waals surface area contributed by atoms with Crippen molar-refractivity contribution in [1.82, 2.24) is 10.1 Å². The average Bonchev–Trinajstić information content (AvgIpc) is 2.58. The molecule has 6 nitrogen and oxygen atoms in total. The third kappa shape index (κ3) is 3.30. The Morgan fingerprint density at radius 3 is 2.41 bits per heavy atom. The molecule has 0 unspecified atom stereocenters. The summed E-state index contributed by atoms with van der Waals surface area (Å²) < 4.78 is 4.81. The maximum absolute atomic E-state index is 12.1. The van der Waals surface area contributed by atoms with E-state index in [1.807, 2.05) is 0 Å². The molecule has 6 heteroatoms. The van der Waals surface area contributed by atoms with E-state index in [0.29, 0.717) is 5.76 Å². The molecule has 0 aliphatic carbocycles. The van der Waals surface area contributed by atoms with Crippen LogP contribution in [0.15, 0.2) is 10.6 Å². The molecule has 94 valence electrons. The molecule has 0 aliphatic rings. The molecule has 0 saturated heterocycles. The highest BCUT2D eigenvalue weighted by Crippen LogP contribution is 2.17. The summed E-state index contributed by atoms with van der Waals surface area (Å²) in [5.74, 6) is -0.997. The van der Waals surface area contributed by atoms with Crippen molar-refractivity contribution in [2.24, 2.45) is 0 Å². The number of carboxylic acid groups (broad SMARTS) is 1. The van der Waals surface area contributed by atoms with Gasteiger partial charge in [-0.05, 0) is 27.7 Å². The Kier molecular flexibility index (Phi) is 3.55. The zero-order valence-electron chi connectivity index (χ0n) is 10.4. The van der Waals surface area contributed by atoms with E-state index in [1.165, 1.54) is 11.0 Å². The van der Waals surface area contributed by atoms with Gasteiger partial charge in [0.15, 0.2) is 5.69 Å². The highest BCUT2D eigenvalue weighted by molar-refractivity contribution is 5.94. The summed E-state index contributed by atoms with van der Waals surface area (Å²) in [5, 5.41) is 12.4. The van der Waals surface area contributed by atoms with Crippen molar-refractivity contribution in [3.8, 4) is 0 Å². The normalized spacial score (nSPS) is 11.3. The molecule has 1 amide bonds. The highest BCUT2D eigenvalue weighted by atomic mass is 16.5. The molecule has 1 N–H and O–H groups in total. The van der Waals surface area contributed by atoms with Crippen molar-refractivity contribution in [2.45, 2.75) is 33.2 Å². The molecule has 0 aromatic carbocycles. The standard InChI is InChI=1S/C11H16N2O4/c1-7-5-8(12-17-7)10(16)13(6-9(14)15)11(2,3)4/h5H,6H2,1-4H3,(H,14,15). The van der Waals surface area contributed by atoms with Crippen molar-refractivity contribution in [1.29, 1.82) is 0 Å². The first kappa shape index (κ1) is 13.2. The molecule has 17 heavy (non-hydrogen) atoms. The number of carbonyl (C=O) groups is 2. The van der Waals surface area contributed by atoms with Gasteiger partial charge < -0.3 is 14.5 Å². The lowest BCUT2D eigenvalue weighted by Gasteiger charge is -2.33. The van der Waals surface area contributed by atoms with Crippen LogP contribution < -0.4 is 0 Å². The molecule has 1 aromatic heterocycles. The smallest absolute Gasteiger partial charge is 0.323 e.